The van der Waals surface area contributed by atoms with Gasteiger partial charge in [0.15, 0.2) is 0 Å². The predicted molar refractivity (Wildman–Crippen MR) is 82.9 cm³/mol. The number of hydrogen-bond donors (Lipinski definition) is 1. The molecule has 1 fully saturated rings. The second kappa shape index (κ2) is 6.28. The van der Waals surface area contributed by atoms with Gasteiger partial charge >= 0.3 is 0 Å². The van der Waals surface area contributed by atoms with Crippen molar-refractivity contribution in [2.24, 2.45) is 0 Å². The molecule has 1 aliphatic heterocycles. The minimum absolute atomic E-state index is 0.304. The summed E-state index contributed by atoms with van der Waals surface area (Å²) in [6, 6.07) is 8.78. The van der Waals surface area contributed by atoms with Crippen molar-refractivity contribution in [3.05, 3.63) is 35.4 Å². The van der Waals surface area contributed by atoms with Crippen LogP contribution in [0.5, 0.6) is 0 Å². The van der Waals surface area contributed by atoms with Gasteiger partial charge in [-0.15, -0.1) is 0 Å². The highest BCUT2D eigenvalue weighted by Crippen LogP contribution is 2.39. The van der Waals surface area contributed by atoms with Crippen LogP contribution >= 0.6 is 0 Å². The molecule has 0 spiro atoms. The SMILES string of the molecule is CC1CC(N2CCCCCCC2)C(O)c2ccccc21. The van der Waals surface area contributed by atoms with Crippen LogP contribution in [-0.4, -0.2) is 29.1 Å². The molecule has 2 nitrogen and oxygen atoms in total. The molecule has 0 aromatic heterocycles. The Hall–Kier alpha value is -0.860. The second-order valence-electron chi connectivity index (χ2n) is 6.58. The average Bonchev–Trinajstić information content (AvgIpc) is 2.43. The zero-order chi connectivity index (χ0) is 13.9. The molecule has 1 aromatic rings. The van der Waals surface area contributed by atoms with Gasteiger partial charge in [-0.2, -0.15) is 0 Å². The Balaban J connectivity index is 1.80. The highest BCUT2D eigenvalue weighted by Gasteiger charge is 2.35. The first kappa shape index (κ1) is 14.1. The maximum Gasteiger partial charge on any atom is 0.0948 e. The molecule has 0 bridgehead atoms. The van der Waals surface area contributed by atoms with Gasteiger partial charge in [0.25, 0.3) is 0 Å². The summed E-state index contributed by atoms with van der Waals surface area (Å²) in [7, 11) is 0. The van der Waals surface area contributed by atoms with Crippen molar-refractivity contribution in [1.29, 1.82) is 0 Å². The van der Waals surface area contributed by atoms with E-state index in [-0.39, 0.29) is 6.10 Å². The van der Waals surface area contributed by atoms with E-state index < -0.39 is 0 Å². The van der Waals surface area contributed by atoms with Gasteiger partial charge in [0.1, 0.15) is 0 Å². The summed E-state index contributed by atoms with van der Waals surface area (Å²) in [6.45, 7) is 4.63. The average molecular weight is 273 g/mol. The van der Waals surface area contributed by atoms with E-state index in [0.29, 0.717) is 12.0 Å². The van der Waals surface area contributed by atoms with E-state index in [1.54, 1.807) is 0 Å². The van der Waals surface area contributed by atoms with Gasteiger partial charge < -0.3 is 5.11 Å². The topological polar surface area (TPSA) is 23.5 Å². The molecule has 1 heterocycles. The van der Waals surface area contributed by atoms with Crippen LogP contribution in [0.15, 0.2) is 24.3 Å². The lowest BCUT2D eigenvalue weighted by molar-refractivity contribution is 0.0270. The van der Waals surface area contributed by atoms with Crippen molar-refractivity contribution in [2.75, 3.05) is 13.1 Å². The maximum absolute atomic E-state index is 10.8. The Morgan fingerprint density at radius 2 is 1.55 bits per heavy atom. The van der Waals surface area contributed by atoms with Gasteiger partial charge in [-0.05, 0) is 49.4 Å². The molecule has 3 rings (SSSR count). The van der Waals surface area contributed by atoms with Crippen molar-refractivity contribution >= 4 is 0 Å². The first-order valence-corrected chi connectivity index (χ1v) is 8.28. The third-order valence-corrected chi connectivity index (χ3v) is 5.16. The van der Waals surface area contributed by atoms with E-state index in [0.717, 1.165) is 19.5 Å². The van der Waals surface area contributed by atoms with Crippen LogP contribution in [0.1, 0.15) is 68.6 Å². The van der Waals surface area contributed by atoms with Crippen LogP contribution in [0, 0.1) is 0 Å². The number of hydrogen-bond acceptors (Lipinski definition) is 2. The quantitative estimate of drug-likeness (QED) is 0.840. The molecule has 0 amide bonds. The summed E-state index contributed by atoms with van der Waals surface area (Å²) in [5.74, 6) is 0.560. The van der Waals surface area contributed by atoms with Gasteiger partial charge in [-0.1, -0.05) is 50.5 Å². The molecule has 1 N–H and O–H groups in total. The fourth-order valence-corrected chi connectivity index (χ4v) is 4.01. The molecule has 0 saturated carbocycles. The third-order valence-electron chi connectivity index (χ3n) is 5.16. The van der Waals surface area contributed by atoms with E-state index in [1.807, 2.05) is 0 Å². The highest BCUT2D eigenvalue weighted by molar-refractivity contribution is 5.35. The minimum Gasteiger partial charge on any atom is -0.387 e. The fourth-order valence-electron chi connectivity index (χ4n) is 4.01. The summed E-state index contributed by atoms with van der Waals surface area (Å²) in [5, 5.41) is 10.8. The van der Waals surface area contributed by atoms with Gasteiger partial charge in [0, 0.05) is 6.04 Å². The molecule has 1 aromatic carbocycles. The van der Waals surface area contributed by atoms with Crippen molar-refractivity contribution in [2.45, 2.75) is 63.5 Å². The minimum atomic E-state index is -0.304. The number of benzene rings is 1. The maximum atomic E-state index is 10.8. The van der Waals surface area contributed by atoms with Crippen LogP contribution < -0.4 is 0 Å². The van der Waals surface area contributed by atoms with Crippen molar-refractivity contribution in [3.8, 4) is 0 Å². The smallest absolute Gasteiger partial charge is 0.0948 e. The van der Waals surface area contributed by atoms with Gasteiger partial charge in [-0.3, -0.25) is 4.90 Å². The summed E-state index contributed by atoms with van der Waals surface area (Å²) in [4.78, 5) is 2.57. The van der Waals surface area contributed by atoms with Gasteiger partial charge in [0.2, 0.25) is 0 Å². The molecular weight excluding hydrogens is 246 g/mol. The number of rotatable bonds is 1. The Morgan fingerprint density at radius 1 is 0.950 bits per heavy atom. The number of likely N-dealkylation sites (tertiary alicyclic amines) is 1. The lowest BCUT2D eigenvalue weighted by Gasteiger charge is -2.41. The number of fused-ring (bicyclic) bond motifs is 1. The Morgan fingerprint density at radius 3 is 2.25 bits per heavy atom. The van der Waals surface area contributed by atoms with Crippen LogP contribution in [0.25, 0.3) is 0 Å². The highest BCUT2D eigenvalue weighted by atomic mass is 16.3. The van der Waals surface area contributed by atoms with Crippen molar-refractivity contribution in [1.82, 2.24) is 4.90 Å². The molecule has 110 valence electrons. The summed E-state index contributed by atoms with van der Waals surface area (Å²) >= 11 is 0. The predicted octanol–water partition coefficient (Wildman–Crippen LogP) is 3.86. The zero-order valence-electron chi connectivity index (χ0n) is 12.6. The first-order chi connectivity index (χ1) is 9.77. The molecule has 20 heavy (non-hydrogen) atoms. The lowest BCUT2D eigenvalue weighted by atomic mass is 9.78. The summed E-state index contributed by atoms with van der Waals surface area (Å²) in [6.07, 6.45) is 7.47. The van der Waals surface area contributed by atoms with Crippen molar-refractivity contribution in [3.63, 3.8) is 0 Å². The molecule has 3 atom stereocenters. The normalized spacial score (nSPS) is 32.2. The van der Waals surface area contributed by atoms with Crippen LogP contribution in [0.3, 0.4) is 0 Å². The van der Waals surface area contributed by atoms with E-state index in [2.05, 4.69) is 36.1 Å². The Labute approximate surface area is 122 Å². The number of aliphatic hydroxyl groups excluding tert-OH is 1. The van der Waals surface area contributed by atoms with E-state index in [9.17, 15) is 5.11 Å². The van der Waals surface area contributed by atoms with Gasteiger partial charge in [0.05, 0.1) is 6.10 Å². The third kappa shape index (κ3) is 2.77. The fraction of sp³-hybridized carbons (Fsp3) is 0.667. The van der Waals surface area contributed by atoms with E-state index in [1.165, 1.54) is 43.2 Å². The molecule has 2 aliphatic rings. The van der Waals surface area contributed by atoms with Crippen molar-refractivity contribution < 1.29 is 5.11 Å². The number of nitrogens with zero attached hydrogens (tertiary/aromatic N) is 1. The standard InChI is InChI=1S/C18H27NO/c1-14-13-17(19-11-7-3-2-4-8-12-19)18(20)16-10-6-5-9-15(14)16/h5-6,9-10,14,17-18,20H,2-4,7-8,11-13H2,1H3. The van der Waals surface area contributed by atoms with E-state index >= 15 is 0 Å². The molecule has 2 heteroatoms. The van der Waals surface area contributed by atoms with E-state index in [4.69, 9.17) is 0 Å². The largest absolute Gasteiger partial charge is 0.387 e. The lowest BCUT2D eigenvalue weighted by Crippen LogP contribution is -2.44. The molecule has 0 radical (unpaired) electrons. The Kier molecular flexibility index (Phi) is 4.42. The summed E-state index contributed by atoms with van der Waals surface area (Å²) < 4.78 is 0. The molecule has 1 saturated heterocycles. The van der Waals surface area contributed by atoms with Crippen LogP contribution in [0.4, 0.5) is 0 Å². The Bertz CT molecular complexity index is 437. The van der Waals surface area contributed by atoms with Gasteiger partial charge in [-0.25, -0.2) is 0 Å². The van der Waals surface area contributed by atoms with Crippen LogP contribution in [0.2, 0.25) is 0 Å². The second-order valence-corrected chi connectivity index (χ2v) is 6.58. The molecule has 3 unspecified atom stereocenters. The van der Waals surface area contributed by atoms with Crippen LogP contribution in [-0.2, 0) is 0 Å². The molecule has 1 aliphatic carbocycles. The monoisotopic (exact) mass is 273 g/mol. The number of aliphatic hydroxyl groups is 1. The zero-order valence-corrected chi connectivity index (χ0v) is 12.6. The molecular formula is C18H27NO. The summed E-state index contributed by atoms with van der Waals surface area (Å²) in [5.41, 5.74) is 2.52. The first-order valence-electron chi connectivity index (χ1n) is 8.28.